The van der Waals surface area contributed by atoms with Gasteiger partial charge in [-0.1, -0.05) is 12.8 Å². The Bertz CT molecular complexity index is 528. The second-order valence-electron chi connectivity index (χ2n) is 5.03. The van der Waals surface area contributed by atoms with Crippen LogP contribution in [0.4, 0.5) is 5.69 Å². The van der Waals surface area contributed by atoms with Crippen LogP contribution in [0.3, 0.4) is 0 Å². The van der Waals surface area contributed by atoms with Crippen LogP contribution in [0, 0.1) is 26.9 Å². The van der Waals surface area contributed by atoms with Crippen molar-refractivity contribution in [1.82, 2.24) is 0 Å². The van der Waals surface area contributed by atoms with Gasteiger partial charge < -0.3 is 4.74 Å². The zero-order valence-electron chi connectivity index (χ0n) is 10.9. The van der Waals surface area contributed by atoms with Crippen molar-refractivity contribution in [3.63, 3.8) is 0 Å². The maximum Gasteiger partial charge on any atom is 0.269 e. The van der Waals surface area contributed by atoms with Gasteiger partial charge in [0.05, 0.1) is 23.5 Å². The minimum Gasteiger partial charge on any atom is -0.496 e. The van der Waals surface area contributed by atoms with Gasteiger partial charge in [-0.25, -0.2) is 0 Å². The van der Waals surface area contributed by atoms with E-state index < -0.39 is 4.92 Å². The van der Waals surface area contributed by atoms with Crippen molar-refractivity contribution >= 4 is 5.69 Å². The summed E-state index contributed by atoms with van der Waals surface area (Å²) in [6, 6.07) is 6.96. The summed E-state index contributed by atoms with van der Waals surface area (Å²) in [6.07, 6.45) is 4.33. The standard InChI is InChI=1S/C14H16N2O3/c1-19-13-5-4-12(16(17)18)8-11(13)9-14(10-15)6-2-3-7-14/h4-5,8H,2-3,6-7,9H2,1H3. The summed E-state index contributed by atoms with van der Waals surface area (Å²) in [6.45, 7) is 0. The van der Waals surface area contributed by atoms with Crippen molar-refractivity contribution in [3.8, 4) is 11.8 Å². The lowest BCUT2D eigenvalue weighted by Crippen LogP contribution is -2.17. The van der Waals surface area contributed by atoms with Crippen LogP contribution in [0.2, 0.25) is 0 Å². The zero-order chi connectivity index (χ0) is 13.9. The summed E-state index contributed by atoms with van der Waals surface area (Å²) in [4.78, 5) is 10.4. The molecule has 1 aliphatic rings. The van der Waals surface area contributed by atoms with Gasteiger partial charge in [0.15, 0.2) is 0 Å². The van der Waals surface area contributed by atoms with E-state index in [9.17, 15) is 15.4 Å². The molecule has 19 heavy (non-hydrogen) atoms. The van der Waals surface area contributed by atoms with Crippen LogP contribution >= 0.6 is 0 Å². The second kappa shape index (κ2) is 5.27. The monoisotopic (exact) mass is 260 g/mol. The molecule has 0 aliphatic heterocycles. The summed E-state index contributed by atoms with van der Waals surface area (Å²) >= 11 is 0. The molecule has 1 aliphatic carbocycles. The van der Waals surface area contributed by atoms with Gasteiger partial charge in [0, 0.05) is 17.7 Å². The summed E-state index contributed by atoms with van der Waals surface area (Å²) in [5.41, 5.74) is 0.407. The third-order valence-corrected chi connectivity index (χ3v) is 3.80. The largest absolute Gasteiger partial charge is 0.496 e. The van der Waals surface area contributed by atoms with Gasteiger partial charge >= 0.3 is 0 Å². The number of ether oxygens (including phenoxy) is 1. The number of benzene rings is 1. The molecule has 0 spiro atoms. The lowest BCUT2D eigenvalue weighted by molar-refractivity contribution is -0.384. The number of methoxy groups -OCH3 is 1. The van der Waals surface area contributed by atoms with E-state index in [4.69, 9.17) is 4.74 Å². The summed E-state index contributed by atoms with van der Waals surface area (Å²) in [5.74, 6) is 0.618. The van der Waals surface area contributed by atoms with Gasteiger partial charge in [-0.05, 0) is 25.3 Å². The van der Waals surface area contributed by atoms with E-state index >= 15 is 0 Å². The maximum absolute atomic E-state index is 10.8. The third-order valence-electron chi connectivity index (χ3n) is 3.80. The van der Waals surface area contributed by atoms with E-state index in [1.54, 1.807) is 13.2 Å². The number of nitro benzene ring substituents is 1. The minimum absolute atomic E-state index is 0.0434. The Morgan fingerprint density at radius 1 is 1.47 bits per heavy atom. The van der Waals surface area contributed by atoms with Crippen molar-refractivity contribution in [3.05, 3.63) is 33.9 Å². The van der Waals surface area contributed by atoms with Crippen molar-refractivity contribution in [1.29, 1.82) is 5.26 Å². The van der Waals surface area contributed by atoms with Gasteiger partial charge in [-0.15, -0.1) is 0 Å². The van der Waals surface area contributed by atoms with Crippen molar-refractivity contribution < 1.29 is 9.66 Å². The molecule has 100 valence electrons. The average molecular weight is 260 g/mol. The Labute approximate surface area is 112 Å². The highest BCUT2D eigenvalue weighted by atomic mass is 16.6. The number of non-ortho nitro benzene ring substituents is 1. The fourth-order valence-corrected chi connectivity index (χ4v) is 2.76. The van der Waals surface area contributed by atoms with Gasteiger partial charge in [-0.2, -0.15) is 5.26 Å². The predicted molar refractivity (Wildman–Crippen MR) is 69.9 cm³/mol. The van der Waals surface area contributed by atoms with E-state index in [2.05, 4.69) is 6.07 Å². The molecular weight excluding hydrogens is 244 g/mol. The lowest BCUT2D eigenvalue weighted by Gasteiger charge is -2.21. The van der Waals surface area contributed by atoms with Crippen LogP contribution in [-0.4, -0.2) is 12.0 Å². The molecule has 0 bridgehead atoms. The highest BCUT2D eigenvalue weighted by molar-refractivity contribution is 5.44. The predicted octanol–water partition coefficient (Wildman–Crippen LogP) is 3.23. The van der Waals surface area contributed by atoms with E-state index in [1.807, 2.05) is 0 Å². The molecule has 0 atom stereocenters. The summed E-state index contributed by atoms with van der Waals surface area (Å²) in [7, 11) is 1.54. The molecule has 0 unspecified atom stereocenters. The highest BCUT2D eigenvalue weighted by Gasteiger charge is 2.35. The molecule has 2 rings (SSSR count). The smallest absolute Gasteiger partial charge is 0.269 e. The molecule has 1 aromatic rings. The molecule has 0 radical (unpaired) electrons. The Kier molecular flexibility index (Phi) is 3.70. The summed E-state index contributed by atoms with van der Waals surface area (Å²) < 4.78 is 5.25. The first kappa shape index (κ1) is 13.3. The lowest BCUT2D eigenvalue weighted by atomic mass is 9.81. The molecule has 1 aromatic carbocycles. The molecule has 0 aromatic heterocycles. The SMILES string of the molecule is COc1ccc([N+](=O)[O-])cc1CC1(C#N)CCCC1. The third kappa shape index (κ3) is 2.68. The fourth-order valence-electron chi connectivity index (χ4n) is 2.76. The topological polar surface area (TPSA) is 76.2 Å². The van der Waals surface area contributed by atoms with Gasteiger partial charge in [-0.3, -0.25) is 10.1 Å². The molecule has 0 saturated heterocycles. The first-order valence-corrected chi connectivity index (χ1v) is 6.33. The van der Waals surface area contributed by atoms with Gasteiger partial charge in [0.1, 0.15) is 5.75 Å². The fraction of sp³-hybridized carbons (Fsp3) is 0.500. The normalized spacial score (nSPS) is 16.8. The number of nitro groups is 1. The quantitative estimate of drug-likeness (QED) is 0.615. The van der Waals surface area contributed by atoms with Crippen molar-refractivity contribution in [2.24, 2.45) is 5.41 Å². The summed E-state index contributed by atoms with van der Waals surface area (Å²) in [5, 5.41) is 20.2. The van der Waals surface area contributed by atoms with Gasteiger partial charge in [0.25, 0.3) is 5.69 Å². The van der Waals surface area contributed by atoms with Crippen LogP contribution in [-0.2, 0) is 6.42 Å². The highest BCUT2D eigenvalue weighted by Crippen LogP contribution is 2.42. The molecule has 1 saturated carbocycles. The van der Waals surface area contributed by atoms with Crippen LogP contribution < -0.4 is 4.74 Å². The maximum atomic E-state index is 10.8. The Morgan fingerprint density at radius 2 is 2.16 bits per heavy atom. The van der Waals surface area contributed by atoms with E-state index in [-0.39, 0.29) is 11.1 Å². The molecule has 5 nitrogen and oxygen atoms in total. The molecule has 5 heteroatoms. The molecular formula is C14H16N2O3. The Morgan fingerprint density at radius 3 is 2.68 bits per heavy atom. The molecule has 0 heterocycles. The number of hydrogen-bond donors (Lipinski definition) is 0. The van der Waals surface area contributed by atoms with Crippen molar-refractivity contribution in [2.45, 2.75) is 32.1 Å². The Hall–Kier alpha value is -2.09. The first-order valence-electron chi connectivity index (χ1n) is 6.33. The van der Waals surface area contributed by atoms with E-state index in [1.165, 1.54) is 12.1 Å². The molecule has 0 amide bonds. The van der Waals surface area contributed by atoms with Crippen LogP contribution in [0.5, 0.6) is 5.75 Å². The molecule has 0 N–H and O–H groups in total. The number of nitrogens with zero attached hydrogens (tertiary/aromatic N) is 2. The van der Waals surface area contributed by atoms with Gasteiger partial charge in [0.2, 0.25) is 0 Å². The van der Waals surface area contributed by atoms with E-state index in [0.29, 0.717) is 12.2 Å². The van der Waals surface area contributed by atoms with Crippen LogP contribution in [0.25, 0.3) is 0 Å². The molecule has 1 fully saturated rings. The Balaban J connectivity index is 2.34. The zero-order valence-corrected chi connectivity index (χ0v) is 10.9. The van der Waals surface area contributed by atoms with E-state index in [0.717, 1.165) is 31.2 Å². The number of hydrogen-bond acceptors (Lipinski definition) is 4. The average Bonchev–Trinajstić information content (AvgIpc) is 2.87. The number of rotatable bonds is 4. The number of nitriles is 1. The first-order chi connectivity index (χ1) is 9.10. The second-order valence-corrected chi connectivity index (χ2v) is 5.03. The minimum atomic E-state index is -0.420. The van der Waals surface area contributed by atoms with Crippen molar-refractivity contribution in [2.75, 3.05) is 7.11 Å². The van der Waals surface area contributed by atoms with Crippen LogP contribution in [0.15, 0.2) is 18.2 Å². The van der Waals surface area contributed by atoms with Crippen LogP contribution in [0.1, 0.15) is 31.2 Å².